The van der Waals surface area contributed by atoms with Crippen LogP contribution in [0.25, 0.3) is 100 Å². The van der Waals surface area contributed by atoms with Gasteiger partial charge < -0.3 is 8.83 Å². The second-order valence-corrected chi connectivity index (χ2v) is 12.4. The van der Waals surface area contributed by atoms with Crippen molar-refractivity contribution in [1.29, 1.82) is 0 Å². The van der Waals surface area contributed by atoms with Crippen LogP contribution in [0.1, 0.15) is 0 Å². The fraction of sp³-hybridized carbons (Fsp3) is 0. The van der Waals surface area contributed by atoms with Gasteiger partial charge in [-0.25, -0.2) is 9.97 Å². The van der Waals surface area contributed by atoms with E-state index in [1.54, 1.807) is 0 Å². The number of para-hydroxylation sites is 2. The van der Waals surface area contributed by atoms with Gasteiger partial charge in [0.25, 0.3) is 0 Å². The first-order valence-corrected chi connectivity index (χ1v) is 16.6. The van der Waals surface area contributed by atoms with Gasteiger partial charge in [-0.15, -0.1) is 0 Å². The molecule has 0 bridgehead atoms. The van der Waals surface area contributed by atoms with Gasteiger partial charge in [-0.05, 0) is 70.8 Å². The van der Waals surface area contributed by atoms with E-state index in [0.29, 0.717) is 5.82 Å². The normalized spacial score (nSPS) is 11.6. The van der Waals surface area contributed by atoms with E-state index in [-0.39, 0.29) is 0 Å². The van der Waals surface area contributed by atoms with Crippen molar-refractivity contribution in [2.45, 2.75) is 0 Å². The van der Waals surface area contributed by atoms with Gasteiger partial charge in [0.15, 0.2) is 5.82 Å². The second kappa shape index (κ2) is 11.4. The number of aromatic nitrogens is 3. The monoisotopic (exact) mass is 641 g/mol. The average molecular weight is 642 g/mol. The van der Waals surface area contributed by atoms with E-state index in [1.807, 2.05) is 85.2 Å². The number of fused-ring (bicyclic) bond motifs is 6. The summed E-state index contributed by atoms with van der Waals surface area (Å²) in [4.78, 5) is 14.5. The summed E-state index contributed by atoms with van der Waals surface area (Å²) in [7, 11) is 0. The first-order valence-electron chi connectivity index (χ1n) is 16.6. The van der Waals surface area contributed by atoms with Gasteiger partial charge in [0.05, 0.1) is 11.4 Å². The minimum atomic E-state index is 0.649. The Morgan fingerprint density at radius 3 is 1.84 bits per heavy atom. The summed E-state index contributed by atoms with van der Waals surface area (Å²) in [5.41, 5.74) is 12.1. The van der Waals surface area contributed by atoms with Crippen LogP contribution in [-0.4, -0.2) is 15.0 Å². The highest BCUT2D eigenvalue weighted by Gasteiger charge is 2.22. The Bertz CT molecular complexity index is 2870. The largest absolute Gasteiger partial charge is 0.456 e. The van der Waals surface area contributed by atoms with Gasteiger partial charge >= 0.3 is 0 Å². The zero-order valence-electron chi connectivity index (χ0n) is 26.7. The lowest BCUT2D eigenvalue weighted by Crippen LogP contribution is -1.96. The Kier molecular flexibility index (Phi) is 6.42. The van der Waals surface area contributed by atoms with Gasteiger partial charge in [0.2, 0.25) is 0 Å². The molecule has 0 fully saturated rings. The van der Waals surface area contributed by atoms with E-state index in [1.165, 1.54) is 0 Å². The zero-order valence-corrected chi connectivity index (χ0v) is 26.7. The Balaban J connectivity index is 1.23. The lowest BCUT2D eigenvalue weighted by Gasteiger charge is -2.12. The summed E-state index contributed by atoms with van der Waals surface area (Å²) in [5, 5.41) is 4.26. The molecule has 0 radical (unpaired) electrons. The molecule has 0 saturated carbocycles. The van der Waals surface area contributed by atoms with Gasteiger partial charge in [-0.3, -0.25) is 4.98 Å². The molecule has 4 aromatic heterocycles. The number of furan rings is 2. The third-order valence-electron chi connectivity index (χ3n) is 9.42. The molecular formula is C45H27N3O2. The molecular weight excluding hydrogens is 615 g/mol. The maximum atomic E-state index is 6.76. The summed E-state index contributed by atoms with van der Waals surface area (Å²) in [5.74, 6) is 0.649. The molecule has 0 aliphatic heterocycles. The molecule has 10 rings (SSSR count). The molecule has 5 nitrogen and oxygen atoms in total. The summed E-state index contributed by atoms with van der Waals surface area (Å²) in [6, 6.07) is 51.8. The number of hydrogen-bond acceptors (Lipinski definition) is 5. The second-order valence-electron chi connectivity index (χ2n) is 12.4. The van der Waals surface area contributed by atoms with Crippen LogP contribution in [0.15, 0.2) is 173 Å². The summed E-state index contributed by atoms with van der Waals surface area (Å²) >= 11 is 0. The predicted molar refractivity (Wildman–Crippen MR) is 202 cm³/mol. The maximum absolute atomic E-state index is 6.76. The minimum absolute atomic E-state index is 0.649. The third-order valence-corrected chi connectivity index (χ3v) is 9.42. The zero-order chi connectivity index (χ0) is 33.0. The highest BCUT2D eigenvalue weighted by molar-refractivity contribution is 6.21. The Hall–Kier alpha value is -6.85. The highest BCUT2D eigenvalue weighted by Crippen LogP contribution is 2.45. The molecule has 0 amide bonds. The molecule has 5 heteroatoms. The van der Waals surface area contributed by atoms with Gasteiger partial charge in [0, 0.05) is 50.6 Å². The number of hydrogen-bond donors (Lipinski definition) is 0. The van der Waals surface area contributed by atoms with Crippen molar-refractivity contribution < 1.29 is 8.83 Å². The van der Waals surface area contributed by atoms with Crippen molar-refractivity contribution >= 4 is 43.9 Å². The molecule has 4 heterocycles. The Morgan fingerprint density at radius 1 is 0.380 bits per heavy atom. The molecule has 0 spiro atoms. The fourth-order valence-electron chi connectivity index (χ4n) is 7.11. The highest BCUT2D eigenvalue weighted by atomic mass is 16.3. The Morgan fingerprint density at radius 2 is 1.00 bits per heavy atom. The van der Waals surface area contributed by atoms with Crippen molar-refractivity contribution in [3.63, 3.8) is 0 Å². The van der Waals surface area contributed by atoms with Crippen LogP contribution in [0, 0.1) is 0 Å². The molecule has 0 aliphatic rings. The molecule has 50 heavy (non-hydrogen) atoms. The smallest absolute Gasteiger partial charge is 0.160 e. The Labute approximate surface area is 287 Å². The quantitative estimate of drug-likeness (QED) is 0.187. The van der Waals surface area contributed by atoms with E-state index in [0.717, 1.165) is 94.2 Å². The lowest BCUT2D eigenvalue weighted by atomic mass is 9.93. The van der Waals surface area contributed by atoms with Crippen LogP contribution in [0.2, 0.25) is 0 Å². The standard InChI is InChI=1S/C45H27N3O2/c1-2-10-29(11-3-1)45-47-37(31-13-8-12-30(26-31)28-22-24-46-25-23-28)27-38(48-45)34-21-20-33(43-36-15-5-7-18-40(36)50-44(34)43)32-16-9-19-41-42(32)35-14-4-6-17-39(35)49-41/h1-27H. The predicted octanol–water partition coefficient (Wildman–Crippen LogP) is 12.0. The lowest BCUT2D eigenvalue weighted by molar-refractivity contribution is 0.668. The van der Waals surface area contributed by atoms with E-state index in [4.69, 9.17) is 18.8 Å². The molecule has 0 unspecified atom stereocenters. The SMILES string of the molecule is c1ccc(-c2nc(-c3cccc(-c4ccncc4)c3)cc(-c3ccc(-c4cccc5oc6ccccc6c45)c4c3oc3ccccc34)n2)cc1. The molecule has 6 aromatic carbocycles. The third kappa shape index (κ3) is 4.60. The van der Waals surface area contributed by atoms with E-state index in [2.05, 4.69) is 83.8 Å². The molecule has 10 aromatic rings. The van der Waals surface area contributed by atoms with Crippen molar-refractivity contribution in [2.24, 2.45) is 0 Å². The van der Waals surface area contributed by atoms with Crippen LogP contribution < -0.4 is 0 Å². The first-order chi connectivity index (χ1) is 24.8. The van der Waals surface area contributed by atoms with E-state index in [9.17, 15) is 0 Å². The van der Waals surface area contributed by atoms with Gasteiger partial charge in [-0.2, -0.15) is 0 Å². The van der Waals surface area contributed by atoms with Crippen molar-refractivity contribution in [2.75, 3.05) is 0 Å². The van der Waals surface area contributed by atoms with Gasteiger partial charge in [-0.1, -0.05) is 103 Å². The average Bonchev–Trinajstić information content (AvgIpc) is 3.77. The van der Waals surface area contributed by atoms with Gasteiger partial charge in [0.1, 0.15) is 22.3 Å². The minimum Gasteiger partial charge on any atom is -0.456 e. The number of nitrogens with zero attached hydrogens (tertiary/aromatic N) is 3. The molecule has 0 atom stereocenters. The van der Waals surface area contributed by atoms with Crippen LogP contribution >= 0.6 is 0 Å². The summed E-state index contributed by atoms with van der Waals surface area (Å²) < 4.78 is 13.1. The maximum Gasteiger partial charge on any atom is 0.160 e. The number of rotatable bonds is 5. The number of pyridine rings is 1. The number of benzene rings is 6. The van der Waals surface area contributed by atoms with Crippen molar-refractivity contribution in [1.82, 2.24) is 15.0 Å². The van der Waals surface area contributed by atoms with E-state index < -0.39 is 0 Å². The van der Waals surface area contributed by atoms with Crippen LogP contribution in [0.4, 0.5) is 0 Å². The molecule has 0 N–H and O–H groups in total. The summed E-state index contributed by atoms with van der Waals surface area (Å²) in [6.07, 6.45) is 3.63. The topological polar surface area (TPSA) is 65.0 Å². The van der Waals surface area contributed by atoms with Crippen LogP contribution in [0.3, 0.4) is 0 Å². The van der Waals surface area contributed by atoms with Crippen molar-refractivity contribution in [3.05, 3.63) is 164 Å². The van der Waals surface area contributed by atoms with E-state index >= 15 is 0 Å². The van der Waals surface area contributed by atoms with Crippen molar-refractivity contribution in [3.8, 4) is 56.2 Å². The molecule has 234 valence electrons. The van der Waals surface area contributed by atoms with Crippen LogP contribution in [-0.2, 0) is 0 Å². The molecule has 0 aliphatic carbocycles. The molecule has 0 saturated heterocycles. The summed E-state index contributed by atoms with van der Waals surface area (Å²) in [6.45, 7) is 0. The fourth-order valence-corrected chi connectivity index (χ4v) is 7.11. The van der Waals surface area contributed by atoms with Crippen LogP contribution in [0.5, 0.6) is 0 Å². The first kappa shape index (κ1) is 28.2.